The Hall–Kier alpha value is -1.87. The van der Waals surface area contributed by atoms with Crippen LogP contribution in [0.5, 0.6) is 5.88 Å². The SMILES string of the molecule is CN1CCC(c2cccc(OCc3ccccc3)n2)CC1. The molecule has 0 amide bonds. The van der Waals surface area contributed by atoms with E-state index in [-0.39, 0.29) is 0 Å². The molecule has 0 unspecified atom stereocenters. The Kier molecular flexibility index (Phi) is 4.51. The van der Waals surface area contributed by atoms with E-state index in [4.69, 9.17) is 9.72 Å². The normalized spacial score (nSPS) is 16.8. The van der Waals surface area contributed by atoms with Crippen LogP contribution in [0.1, 0.15) is 30.0 Å². The number of nitrogens with zero attached hydrogens (tertiary/aromatic N) is 2. The maximum absolute atomic E-state index is 5.82. The molecule has 3 heteroatoms. The highest BCUT2D eigenvalue weighted by Crippen LogP contribution is 2.27. The first-order chi connectivity index (χ1) is 10.3. The smallest absolute Gasteiger partial charge is 0.213 e. The predicted octanol–water partition coefficient (Wildman–Crippen LogP) is 3.47. The molecular formula is C18H22N2O. The second-order valence-electron chi connectivity index (χ2n) is 5.75. The van der Waals surface area contributed by atoms with Gasteiger partial charge in [0.05, 0.1) is 0 Å². The van der Waals surface area contributed by atoms with Gasteiger partial charge in [-0.15, -0.1) is 0 Å². The lowest BCUT2D eigenvalue weighted by Crippen LogP contribution is -2.29. The maximum atomic E-state index is 5.82. The lowest BCUT2D eigenvalue weighted by Gasteiger charge is -2.28. The van der Waals surface area contributed by atoms with Gasteiger partial charge in [-0.05, 0) is 44.6 Å². The van der Waals surface area contributed by atoms with Crippen LogP contribution in [0.2, 0.25) is 0 Å². The first-order valence-electron chi connectivity index (χ1n) is 7.63. The molecule has 110 valence electrons. The number of hydrogen-bond donors (Lipinski definition) is 0. The van der Waals surface area contributed by atoms with E-state index in [1.54, 1.807) is 0 Å². The molecule has 0 atom stereocenters. The summed E-state index contributed by atoms with van der Waals surface area (Å²) >= 11 is 0. The fraction of sp³-hybridized carbons (Fsp3) is 0.389. The molecule has 1 aliphatic heterocycles. The van der Waals surface area contributed by atoms with E-state index < -0.39 is 0 Å². The Balaban J connectivity index is 1.63. The van der Waals surface area contributed by atoms with Crippen LogP contribution in [-0.2, 0) is 6.61 Å². The van der Waals surface area contributed by atoms with Gasteiger partial charge < -0.3 is 9.64 Å². The summed E-state index contributed by atoms with van der Waals surface area (Å²) in [7, 11) is 2.18. The van der Waals surface area contributed by atoms with Gasteiger partial charge in [-0.25, -0.2) is 4.98 Å². The van der Waals surface area contributed by atoms with Gasteiger partial charge in [0.25, 0.3) is 0 Å². The monoisotopic (exact) mass is 282 g/mol. The van der Waals surface area contributed by atoms with Crippen LogP contribution >= 0.6 is 0 Å². The molecule has 3 nitrogen and oxygen atoms in total. The fourth-order valence-electron chi connectivity index (χ4n) is 2.77. The minimum Gasteiger partial charge on any atom is -0.473 e. The summed E-state index contributed by atoms with van der Waals surface area (Å²) in [5.41, 5.74) is 2.35. The minimum absolute atomic E-state index is 0.571. The Morgan fingerprint density at radius 2 is 1.81 bits per heavy atom. The van der Waals surface area contributed by atoms with Gasteiger partial charge in [0.2, 0.25) is 5.88 Å². The van der Waals surface area contributed by atoms with Gasteiger partial charge in [-0.1, -0.05) is 36.4 Å². The highest BCUT2D eigenvalue weighted by Gasteiger charge is 2.19. The Morgan fingerprint density at radius 1 is 1.05 bits per heavy atom. The number of piperidine rings is 1. The number of hydrogen-bond acceptors (Lipinski definition) is 3. The molecule has 0 radical (unpaired) electrons. The van der Waals surface area contributed by atoms with Crippen molar-refractivity contribution in [2.45, 2.75) is 25.4 Å². The first-order valence-corrected chi connectivity index (χ1v) is 7.63. The molecule has 0 N–H and O–H groups in total. The van der Waals surface area contributed by atoms with E-state index in [0.29, 0.717) is 12.5 Å². The molecule has 2 aromatic rings. The summed E-state index contributed by atoms with van der Waals surface area (Å²) < 4.78 is 5.82. The third kappa shape index (κ3) is 3.82. The molecule has 0 aliphatic carbocycles. The van der Waals surface area contributed by atoms with E-state index in [0.717, 1.165) is 19.0 Å². The van der Waals surface area contributed by atoms with Gasteiger partial charge in [0.15, 0.2) is 0 Å². The van der Waals surface area contributed by atoms with E-state index in [9.17, 15) is 0 Å². The predicted molar refractivity (Wildman–Crippen MR) is 84.5 cm³/mol. The second kappa shape index (κ2) is 6.72. The number of aromatic nitrogens is 1. The van der Waals surface area contributed by atoms with E-state index in [1.807, 2.05) is 24.3 Å². The van der Waals surface area contributed by atoms with Crippen LogP contribution in [-0.4, -0.2) is 30.0 Å². The highest BCUT2D eigenvalue weighted by molar-refractivity contribution is 5.20. The topological polar surface area (TPSA) is 25.4 Å². The standard InChI is InChI=1S/C18H22N2O/c1-20-12-10-16(11-13-20)17-8-5-9-18(19-17)21-14-15-6-3-2-4-7-15/h2-9,16H,10-14H2,1H3. The lowest BCUT2D eigenvalue weighted by atomic mass is 9.93. The molecule has 0 spiro atoms. The summed E-state index contributed by atoms with van der Waals surface area (Å²) in [5.74, 6) is 1.30. The molecule has 1 aromatic carbocycles. The van der Waals surface area contributed by atoms with Crippen LogP contribution in [0, 0.1) is 0 Å². The van der Waals surface area contributed by atoms with Crippen LogP contribution < -0.4 is 4.74 Å². The quantitative estimate of drug-likeness (QED) is 0.858. The van der Waals surface area contributed by atoms with E-state index >= 15 is 0 Å². The van der Waals surface area contributed by atoms with Crippen LogP contribution in [0.4, 0.5) is 0 Å². The summed E-state index contributed by atoms with van der Waals surface area (Å²) in [6.45, 7) is 2.88. The molecule has 2 heterocycles. The van der Waals surface area contributed by atoms with Gasteiger partial charge in [0, 0.05) is 17.7 Å². The minimum atomic E-state index is 0.571. The van der Waals surface area contributed by atoms with Gasteiger partial charge in [-0.3, -0.25) is 0 Å². The number of rotatable bonds is 4. The zero-order valence-corrected chi connectivity index (χ0v) is 12.5. The van der Waals surface area contributed by atoms with Crippen LogP contribution in [0.15, 0.2) is 48.5 Å². The molecule has 3 rings (SSSR count). The largest absolute Gasteiger partial charge is 0.473 e. The zero-order valence-electron chi connectivity index (χ0n) is 12.5. The number of benzene rings is 1. The van der Waals surface area contributed by atoms with E-state index in [1.165, 1.54) is 24.1 Å². The number of likely N-dealkylation sites (tertiary alicyclic amines) is 1. The van der Waals surface area contributed by atoms with Gasteiger partial charge in [0.1, 0.15) is 6.61 Å². The van der Waals surface area contributed by atoms with Crippen molar-refractivity contribution in [2.24, 2.45) is 0 Å². The van der Waals surface area contributed by atoms with Crippen molar-refractivity contribution in [3.8, 4) is 5.88 Å². The highest BCUT2D eigenvalue weighted by atomic mass is 16.5. The molecular weight excluding hydrogens is 260 g/mol. The molecule has 0 bridgehead atoms. The third-order valence-corrected chi connectivity index (χ3v) is 4.11. The Morgan fingerprint density at radius 3 is 2.57 bits per heavy atom. The first kappa shape index (κ1) is 14.1. The molecule has 1 aliphatic rings. The van der Waals surface area contributed by atoms with Crippen molar-refractivity contribution < 1.29 is 4.74 Å². The molecule has 1 fully saturated rings. The zero-order chi connectivity index (χ0) is 14.5. The summed E-state index contributed by atoms with van der Waals surface area (Å²) in [6, 6.07) is 16.3. The van der Waals surface area contributed by atoms with Crippen molar-refractivity contribution in [3.05, 3.63) is 59.8 Å². The summed E-state index contributed by atoms with van der Waals surface area (Å²) in [6.07, 6.45) is 2.37. The van der Waals surface area contributed by atoms with Crippen molar-refractivity contribution >= 4 is 0 Å². The fourth-order valence-corrected chi connectivity index (χ4v) is 2.77. The Labute approximate surface area is 126 Å². The summed E-state index contributed by atoms with van der Waals surface area (Å²) in [4.78, 5) is 7.08. The van der Waals surface area contributed by atoms with Gasteiger partial charge in [-0.2, -0.15) is 0 Å². The average Bonchev–Trinajstić information content (AvgIpc) is 2.55. The third-order valence-electron chi connectivity index (χ3n) is 4.11. The number of pyridine rings is 1. The molecule has 0 saturated carbocycles. The lowest BCUT2D eigenvalue weighted by molar-refractivity contribution is 0.250. The van der Waals surface area contributed by atoms with Crippen molar-refractivity contribution in [1.29, 1.82) is 0 Å². The van der Waals surface area contributed by atoms with Crippen LogP contribution in [0.25, 0.3) is 0 Å². The number of ether oxygens (including phenoxy) is 1. The molecule has 21 heavy (non-hydrogen) atoms. The molecule has 1 aromatic heterocycles. The van der Waals surface area contributed by atoms with Gasteiger partial charge >= 0.3 is 0 Å². The van der Waals surface area contributed by atoms with Crippen molar-refractivity contribution in [1.82, 2.24) is 9.88 Å². The molecule has 1 saturated heterocycles. The summed E-state index contributed by atoms with van der Waals surface area (Å²) in [5, 5.41) is 0. The Bertz CT molecular complexity index is 562. The van der Waals surface area contributed by atoms with Crippen molar-refractivity contribution in [2.75, 3.05) is 20.1 Å². The van der Waals surface area contributed by atoms with Crippen LogP contribution in [0.3, 0.4) is 0 Å². The second-order valence-corrected chi connectivity index (χ2v) is 5.75. The average molecular weight is 282 g/mol. The van der Waals surface area contributed by atoms with Crippen molar-refractivity contribution in [3.63, 3.8) is 0 Å². The van der Waals surface area contributed by atoms with E-state index in [2.05, 4.69) is 36.2 Å². The maximum Gasteiger partial charge on any atom is 0.213 e.